The molecular weight excluding hydrogens is 474 g/mol. The van der Waals surface area contributed by atoms with E-state index in [1.54, 1.807) is 33.8 Å². The number of hydrogen-bond acceptors (Lipinski definition) is 11. The Morgan fingerprint density at radius 2 is 1.36 bits per heavy atom. The number of ether oxygens (including phenoxy) is 6. The topological polar surface area (TPSA) is 150 Å². The van der Waals surface area contributed by atoms with Crippen LogP contribution in [0.25, 0.3) is 0 Å². The van der Waals surface area contributed by atoms with E-state index in [-0.39, 0.29) is 43.2 Å². The molecule has 1 rings (SSSR count). The van der Waals surface area contributed by atoms with Crippen LogP contribution in [-0.2, 0) is 35.0 Å². The van der Waals surface area contributed by atoms with Crippen molar-refractivity contribution in [1.82, 2.24) is 0 Å². The molecule has 0 aromatic heterocycles. The minimum absolute atomic E-state index is 0.0241. The Hall–Kier alpha value is -3.34. The highest BCUT2D eigenvalue weighted by Gasteiger charge is 2.22. The van der Waals surface area contributed by atoms with Crippen LogP contribution in [0.5, 0.6) is 11.5 Å². The molecule has 2 N–H and O–H groups in total. The molecule has 11 heteroatoms. The van der Waals surface area contributed by atoms with Crippen molar-refractivity contribution in [3.05, 3.63) is 23.8 Å². The van der Waals surface area contributed by atoms with Gasteiger partial charge in [0.05, 0.1) is 0 Å². The van der Waals surface area contributed by atoms with Gasteiger partial charge in [0.2, 0.25) is 0 Å². The van der Waals surface area contributed by atoms with E-state index in [2.05, 4.69) is 0 Å². The van der Waals surface area contributed by atoms with Gasteiger partial charge in [-0.05, 0) is 57.7 Å². The molecule has 11 nitrogen and oxygen atoms in total. The fourth-order valence-corrected chi connectivity index (χ4v) is 2.55. The van der Waals surface area contributed by atoms with Crippen molar-refractivity contribution >= 4 is 24.2 Å². The summed E-state index contributed by atoms with van der Waals surface area (Å²) in [6.45, 7) is 10.2. The summed E-state index contributed by atoms with van der Waals surface area (Å²) >= 11 is 0. The van der Waals surface area contributed by atoms with Gasteiger partial charge in [-0.3, -0.25) is 9.59 Å². The van der Waals surface area contributed by atoms with Crippen LogP contribution in [0, 0.1) is 0 Å². The number of benzene rings is 1. The monoisotopic (exact) mass is 511 g/mol. The van der Waals surface area contributed by atoms with E-state index in [4.69, 9.17) is 34.2 Å². The van der Waals surface area contributed by atoms with Crippen molar-refractivity contribution in [3.63, 3.8) is 0 Å². The lowest BCUT2D eigenvalue weighted by molar-refractivity contribution is -0.158. The summed E-state index contributed by atoms with van der Waals surface area (Å²) in [6.07, 6.45) is -1.91. The van der Waals surface area contributed by atoms with Crippen LogP contribution < -0.4 is 15.2 Å². The summed E-state index contributed by atoms with van der Waals surface area (Å²) in [5.41, 5.74) is 6.47. The predicted octanol–water partition coefficient (Wildman–Crippen LogP) is 4.07. The summed E-state index contributed by atoms with van der Waals surface area (Å²) in [5, 5.41) is 0. The summed E-state index contributed by atoms with van der Waals surface area (Å²) < 4.78 is 30.9. The third-order valence-corrected chi connectivity index (χ3v) is 4.98. The first-order valence-electron chi connectivity index (χ1n) is 12.0. The maximum absolute atomic E-state index is 12.3. The molecule has 4 atom stereocenters. The van der Waals surface area contributed by atoms with Gasteiger partial charge in [-0.1, -0.05) is 26.8 Å². The second-order valence-corrected chi connectivity index (χ2v) is 8.25. The van der Waals surface area contributed by atoms with Crippen molar-refractivity contribution in [2.75, 3.05) is 6.61 Å². The van der Waals surface area contributed by atoms with E-state index in [0.29, 0.717) is 18.4 Å². The Bertz CT molecular complexity index is 888. The largest absolute Gasteiger partial charge is 0.514 e. The van der Waals surface area contributed by atoms with Crippen molar-refractivity contribution < 1.29 is 47.6 Å². The van der Waals surface area contributed by atoms with Crippen LogP contribution in [0.15, 0.2) is 18.2 Å². The number of carbonyl (C=O) groups excluding carboxylic acids is 4. The minimum Gasteiger partial charge on any atom is -0.461 e. The highest BCUT2D eigenvalue weighted by atomic mass is 16.7. The first-order valence-corrected chi connectivity index (χ1v) is 12.0. The van der Waals surface area contributed by atoms with Gasteiger partial charge in [-0.15, -0.1) is 0 Å². The summed E-state index contributed by atoms with van der Waals surface area (Å²) in [6, 6.07) is 3.30. The van der Waals surface area contributed by atoms with Gasteiger partial charge in [0.1, 0.15) is 31.0 Å². The molecule has 0 saturated carbocycles. The summed E-state index contributed by atoms with van der Waals surface area (Å²) in [7, 11) is 0. The molecule has 0 aliphatic heterocycles. The zero-order chi connectivity index (χ0) is 27.3. The predicted molar refractivity (Wildman–Crippen MR) is 129 cm³/mol. The highest BCUT2D eigenvalue weighted by molar-refractivity contribution is 5.76. The molecule has 0 heterocycles. The lowest BCUT2D eigenvalue weighted by Crippen LogP contribution is -2.36. The van der Waals surface area contributed by atoms with Crippen molar-refractivity contribution in [3.8, 4) is 11.5 Å². The Kier molecular flexibility index (Phi) is 13.3. The third kappa shape index (κ3) is 11.4. The van der Waals surface area contributed by atoms with E-state index in [1.165, 1.54) is 12.1 Å². The Labute approximate surface area is 211 Å². The smallest absolute Gasteiger partial charge is 0.461 e. The van der Waals surface area contributed by atoms with E-state index in [9.17, 15) is 19.2 Å². The average Bonchev–Trinajstić information content (AvgIpc) is 2.83. The van der Waals surface area contributed by atoms with Crippen molar-refractivity contribution in [1.29, 1.82) is 0 Å². The van der Waals surface area contributed by atoms with Crippen LogP contribution in [-0.4, -0.2) is 55.2 Å². The lowest BCUT2D eigenvalue weighted by Gasteiger charge is -2.17. The third-order valence-electron chi connectivity index (χ3n) is 4.98. The van der Waals surface area contributed by atoms with Gasteiger partial charge in [-0.25, -0.2) is 9.59 Å². The molecule has 0 bridgehead atoms. The van der Waals surface area contributed by atoms with Crippen molar-refractivity contribution in [2.45, 2.75) is 91.6 Å². The summed E-state index contributed by atoms with van der Waals surface area (Å²) in [5.74, 6) is -1.29. The van der Waals surface area contributed by atoms with Crippen LogP contribution >= 0.6 is 0 Å². The first kappa shape index (κ1) is 30.7. The molecule has 0 saturated heterocycles. The molecule has 0 spiro atoms. The Morgan fingerprint density at radius 3 is 1.89 bits per heavy atom. The van der Waals surface area contributed by atoms with Crippen LogP contribution in [0.4, 0.5) is 9.59 Å². The molecule has 1 aromatic carbocycles. The average molecular weight is 512 g/mol. The maximum atomic E-state index is 12.3. The molecule has 0 aliphatic carbocycles. The molecule has 0 aliphatic rings. The van der Waals surface area contributed by atoms with Gasteiger partial charge in [0, 0.05) is 6.42 Å². The molecule has 0 radical (unpaired) electrons. The maximum Gasteiger partial charge on any atom is 0.514 e. The minimum atomic E-state index is -1.05. The van der Waals surface area contributed by atoms with Gasteiger partial charge in [0.15, 0.2) is 11.5 Å². The zero-order valence-corrected chi connectivity index (χ0v) is 21.7. The summed E-state index contributed by atoms with van der Waals surface area (Å²) in [4.78, 5) is 47.9. The van der Waals surface area contributed by atoms with Crippen molar-refractivity contribution in [2.24, 2.45) is 5.73 Å². The second kappa shape index (κ2) is 15.6. The van der Waals surface area contributed by atoms with Crippen LogP contribution in [0.3, 0.4) is 0 Å². The number of carbonyl (C=O) groups is 4. The van der Waals surface area contributed by atoms with Gasteiger partial charge >= 0.3 is 24.2 Å². The molecule has 2 unspecified atom stereocenters. The fourth-order valence-electron chi connectivity index (χ4n) is 2.55. The molecule has 202 valence electrons. The van der Waals surface area contributed by atoms with Crippen LogP contribution in [0.1, 0.15) is 66.4 Å². The number of rotatable bonds is 13. The number of esters is 2. The first-order chi connectivity index (χ1) is 17.0. The van der Waals surface area contributed by atoms with Gasteiger partial charge < -0.3 is 34.2 Å². The molecule has 36 heavy (non-hydrogen) atoms. The normalized spacial score (nSPS) is 14.0. The highest BCUT2D eigenvalue weighted by Crippen LogP contribution is 2.30. The van der Waals surface area contributed by atoms with E-state index in [1.807, 2.05) is 13.8 Å². The van der Waals surface area contributed by atoms with E-state index >= 15 is 0 Å². The quantitative estimate of drug-likeness (QED) is 0.232. The second-order valence-electron chi connectivity index (χ2n) is 8.25. The van der Waals surface area contributed by atoms with Gasteiger partial charge in [0.25, 0.3) is 0 Å². The Balaban J connectivity index is 2.93. The molecular formula is C25H37NO10. The molecule has 0 amide bonds. The van der Waals surface area contributed by atoms with E-state index < -0.39 is 36.4 Å². The number of hydrogen-bond donors (Lipinski definition) is 1. The SMILES string of the molecule is CCC(=O)O[C@@H](C)COC(=O)[C@@H](N)Cc1ccc(OC(=O)OC(C)CC)c(OC(=O)OC(C)CC)c1. The molecule has 1 aromatic rings. The lowest BCUT2D eigenvalue weighted by atomic mass is 10.1. The Morgan fingerprint density at radius 1 is 0.806 bits per heavy atom. The van der Waals surface area contributed by atoms with Crippen LogP contribution in [0.2, 0.25) is 0 Å². The number of nitrogens with two attached hydrogens (primary N) is 1. The standard InChI is InChI=1S/C25H37NO10/c1-7-15(4)33-24(29)35-20-11-10-18(13-21(20)36-25(30)34-16(5)8-2)12-19(26)23(28)31-14-17(6)32-22(27)9-3/h10-11,13,15-17,19H,7-9,12,14,26H2,1-6H3/t15?,16?,17-,19-/m0/s1. The van der Waals surface area contributed by atoms with Gasteiger partial charge in [-0.2, -0.15) is 0 Å². The molecule has 0 fully saturated rings. The zero-order valence-electron chi connectivity index (χ0n) is 21.7. The van der Waals surface area contributed by atoms with E-state index in [0.717, 1.165) is 0 Å². The fraction of sp³-hybridized carbons (Fsp3) is 0.600.